The Morgan fingerprint density at radius 3 is 2.43 bits per heavy atom. The number of benzene rings is 1. The van der Waals surface area contributed by atoms with Gasteiger partial charge in [0, 0.05) is 11.9 Å². The van der Waals surface area contributed by atoms with Gasteiger partial charge in [0.15, 0.2) is 4.32 Å². The Balaban J connectivity index is 1.81. The first-order valence-electron chi connectivity index (χ1n) is 8.56. The Morgan fingerprint density at radius 1 is 1.07 bits per heavy atom. The lowest BCUT2D eigenvalue weighted by Crippen LogP contribution is -2.33. The number of amides is 1. The fourth-order valence-electron chi connectivity index (χ4n) is 3.12. The zero-order valence-corrected chi connectivity index (χ0v) is 18.0. The molecule has 0 N–H and O–H groups in total. The number of anilines is 1. The van der Waals surface area contributed by atoms with Crippen LogP contribution in [0.25, 0.3) is 11.8 Å². The maximum absolute atomic E-state index is 13.2. The van der Waals surface area contributed by atoms with Crippen LogP contribution in [0.15, 0.2) is 51.5 Å². The van der Waals surface area contributed by atoms with Gasteiger partial charge in [0.2, 0.25) is 0 Å². The minimum atomic E-state index is -0.268. The molecule has 28 heavy (non-hydrogen) atoms. The van der Waals surface area contributed by atoms with E-state index in [-0.39, 0.29) is 11.5 Å². The number of carbonyl (C=O) groups is 1. The lowest BCUT2D eigenvalue weighted by Gasteiger charge is -2.12. The van der Waals surface area contributed by atoms with E-state index in [4.69, 9.17) is 12.2 Å². The number of aryl methyl sites for hydroxylation is 1. The minimum Gasteiger partial charge on any atom is -0.283 e. The van der Waals surface area contributed by atoms with Gasteiger partial charge in [-0.25, -0.2) is 4.68 Å². The summed E-state index contributed by atoms with van der Waals surface area (Å²) < 4.78 is 3.67. The predicted molar refractivity (Wildman–Crippen MR) is 120 cm³/mol. The van der Waals surface area contributed by atoms with E-state index in [9.17, 15) is 9.59 Å². The van der Waals surface area contributed by atoms with Crippen LogP contribution in [-0.4, -0.2) is 19.6 Å². The van der Waals surface area contributed by atoms with Crippen LogP contribution >= 0.6 is 35.3 Å². The van der Waals surface area contributed by atoms with Crippen LogP contribution in [0.2, 0.25) is 0 Å². The van der Waals surface area contributed by atoms with Crippen LogP contribution in [0.4, 0.5) is 5.69 Å². The first kappa shape index (κ1) is 18.9. The van der Waals surface area contributed by atoms with E-state index >= 15 is 0 Å². The molecular formula is C20H17N3O2S3. The zero-order valence-electron chi connectivity index (χ0n) is 15.5. The molecule has 0 radical (unpaired) electrons. The van der Waals surface area contributed by atoms with E-state index in [1.165, 1.54) is 16.7 Å². The van der Waals surface area contributed by atoms with Crippen molar-refractivity contribution < 1.29 is 4.79 Å². The summed E-state index contributed by atoms with van der Waals surface area (Å²) in [4.78, 5) is 29.3. The fourth-order valence-corrected chi connectivity index (χ4v) is 5.31. The van der Waals surface area contributed by atoms with E-state index in [0.29, 0.717) is 20.6 Å². The Bertz CT molecular complexity index is 1190. The molecule has 1 aliphatic heterocycles. The highest BCUT2D eigenvalue weighted by Gasteiger charge is 2.37. The largest absolute Gasteiger partial charge is 0.296 e. The van der Waals surface area contributed by atoms with Crippen LogP contribution in [0.5, 0.6) is 0 Å². The molecule has 4 rings (SSSR count). The highest BCUT2D eigenvalue weighted by atomic mass is 32.2. The molecule has 0 unspecified atom stereocenters. The Kier molecular flexibility index (Phi) is 4.86. The molecule has 0 spiro atoms. The lowest BCUT2D eigenvalue weighted by molar-refractivity contribution is -0.113. The van der Waals surface area contributed by atoms with E-state index in [1.54, 1.807) is 27.7 Å². The Labute approximate surface area is 175 Å². The average Bonchev–Trinajstić information content (AvgIpc) is 3.27. The van der Waals surface area contributed by atoms with Gasteiger partial charge in [-0.2, -0.15) is 0 Å². The summed E-state index contributed by atoms with van der Waals surface area (Å²) in [6, 6.07) is 11.4. The highest BCUT2D eigenvalue weighted by Crippen LogP contribution is 2.37. The third-order valence-electron chi connectivity index (χ3n) is 4.71. The molecule has 1 saturated heterocycles. The predicted octanol–water partition coefficient (Wildman–Crippen LogP) is 4.26. The first-order chi connectivity index (χ1) is 13.4. The second-order valence-corrected chi connectivity index (χ2v) is 9.02. The van der Waals surface area contributed by atoms with Crippen LogP contribution < -0.4 is 10.5 Å². The van der Waals surface area contributed by atoms with E-state index < -0.39 is 0 Å². The molecule has 1 fully saturated rings. The van der Waals surface area contributed by atoms with Crippen molar-refractivity contribution in [2.45, 2.75) is 13.8 Å². The van der Waals surface area contributed by atoms with Crippen molar-refractivity contribution in [1.29, 1.82) is 0 Å². The SMILES string of the molecule is Cc1ccsc1C=C1SC(=S)N(c2c(C)n(C)n(-c3ccccc3)c2=O)C1=O. The number of nitrogens with zero attached hydrogens (tertiary/aromatic N) is 3. The van der Waals surface area contributed by atoms with Crippen LogP contribution in [0, 0.1) is 13.8 Å². The molecule has 5 nitrogen and oxygen atoms in total. The number of hydrogen-bond donors (Lipinski definition) is 0. The average molecular weight is 428 g/mol. The molecule has 142 valence electrons. The summed E-state index contributed by atoms with van der Waals surface area (Å²) >= 11 is 8.27. The van der Waals surface area contributed by atoms with Gasteiger partial charge in [0.05, 0.1) is 16.3 Å². The second-order valence-electron chi connectivity index (χ2n) is 6.40. The third kappa shape index (κ3) is 2.97. The van der Waals surface area contributed by atoms with Gasteiger partial charge in [-0.3, -0.25) is 19.2 Å². The molecule has 3 aromatic rings. The quantitative estimate of drug-likeness (QED) is 0.463. The summed E-state index contributed by atoms with van der Waals surface area (Å²) in [7, 11) is 1.80. The van der Waals surface area contributed by atoms with Gasteiger partial charge in [0.25, 0.3) is 11.5 Å². The summed E-state index contributed by atoms with van der Waals surface area (Å²) in [5, 5.41) is 1.99. The minimum absolute atomic E-state index is 0.256. The molecule has 3 heterocycles. The maximum atomic E-state index is 13.2. The summed E-state index contributed by atoms with van der Waals surface area (Å²) in [5.41, 5.74) is 2.56. The topological polar surface area (TPSA) is 47.2 Å². The molecule has 8 heteroatoms. The number of thioether (sulfide) groups is 1. The molecule has 1 amide bonds. The van der Waals surface area contributed by atoms with Crippen molar-refractivity contribution >= 4 is 57.3 Å². The van der Waals surface area contributed by atoms with Crippen LogP contribution in [0.3, 0.4) is 0 Å². The standard InChI is InChI=1S/C20H17N3O2S3/c1-12-9-10-27-15(12)11-16-18(24)22(20(26)28-16)17-13(2)21(3)23(19(17)25)14-7-5-4-6-8-14/h4-11H,1-3H3. The van der Waals surface area contributed by atoms with Gasteiger partial charge in [-0.1, -0.05) is 42.2 Å². The normalized spacial score (nSPS) is 15.8. The number of hydrogen-bond acceptors (Lipinski definition) is 5. The summed E-state index contributed by atoms with van der Waals surface area (Å²) in [6.45, 7) is 3.82. The van der Waals surface area contributed by atoms with Crippen LogP contribution in [0.1, 0.15) is 16.1 Å². The molecule has 0 saturated carbocycles. The van der Waals surface area contributed by atoms with Gasteiger partial charge in [-0.15, -0.1) is 11.3 Å². The molecule has 0 atom stereocenters. The summed E-state index contributed by atoms with van der Waals surface area (Å²) in [5.74, 6) is -0.256. The fraction of sp³-hybridized carbons (Fsp3) is 0.150. The second kappa shape index (κ2) is 7.20. The third-order valence-corrected chi connectivity index (χ3v) is 6.97. The van der Waals surface area contributed by atoms with Crippen LogP contribution in [-0.2, 0) is 11.8 Å². The number of para-hydroxylation sites is 1. The van der Waals surface area contributed by atoms with E-state index in [1.807, 2.05) is 61.7 Å². The van der Waals surface area contributed by atoms with Crippen molar-refractivity contribution in [3.05, 3.63) is 73.2 Å². The van der Waals surface area contributed by atoms with Crippen molar-refractivity contribution in [3.8, 4) is 5.69 Å². The number of thiocarbonyl (C=S) groups is 1. The molecular weight excluding hydrogens is 410 g/mol. The highest BCUT2D eigenvalue weighted by molar-refractivity contribution is 8.27. The Morgan fingerprint density at radius 2 is 1.79 bits per heavy atom. The smallest absolute Gasteiger partial charge is 0.283 e. The van der Waals surface area contributed by atoms with Gasteiger partial charge >= 0.3 is 0 Å². The van der Waals surface area contributed by atoms with Crippen molar-refractivity contribution in [2.24, 2.45) is 7.05 Å². The number of rotatable bonds is 3. The number of aromatic nitrogens is 2. The van der Waals surface area contributed by atoms with Crippen molar-refractivity contribution in [1.82, 2.24) is 9.36 Å². The van der Waals surface area contributed by atoms with E-state index in [2.05, 4.69) is 0 Å². The van der Waals surface area contributed by atoms with Crippen molar-refractivity contribution in [3.63, 3.8) is 0 Å². The van der Waals surface area contributed by atoms with Gasteiger partial charge in [-0.05, 0) is 49.1 Å². The van der Waals surface area contributed by atoms with Crippen molar-refractivity contribution in [2.75, 3.05) is 4.90 Å². The summed E-state index contributed by atoms with van der Waals surface area (Å²) in [6.07, 6.45) is 1.85. The number of thiophene rings is 1. The zero-order chi connectivity index (χ0) is 20.0. The number of carbonyl (C=O) groups excluding carboxylic acids is 1. The monoisotopic (exact) mass is 427 g/mol. The molecule has 2 aromatic heterocycles. The lowest BCUT2D eigenvalue weighted by atomic mass is 10.2. The molecule has 0 bridgehead atoms. The first-order valence-corrected chi connectivity index (χ1v) is 10.7. The molecule has 0 aliphatic carbocycles. The maximum Gasteiger partial charge on any atom is 0.296 e. The van der Waals surface area contributed by atoms with Gasteiger partial charge < -0.3 is 0 Å². The van der Waals surface area contributed by atoms with E-state index in [0.717, 1.165) is 16.1 Å². The molecule has 1 aromatic carbocycles. The van der Waals surface area contributed by atoms with Gasteiger partial charge in [0.1, 0.15) is 5.69 Å². The Hall–Kier alpha value is -2.42. The molecule has 1 aliphatic rings.